The van der Waals surface area contributed by atoms with Gasteiger partial charge >= 0.3 is 0 Å². The highest BCUT2D eigenvalue weighted by Gasteiger charge is 2.25. The van der Waals surface area contributed by atoms with Crippen molar-refractivity contribution in [2.75, 3.05) is 0 Å². The van der Waals surface area contributed by atoms with E-state index in [2.05, 4.69) is 51.8 Å². The molecule has 0 saturated heterocycles. The molecule has 0 amide bonds. The van der Waals surface area contributed by atoms with E-state index in [0.29, 0.717) is 0 Å². The van der Waals surface area contributed by atoms with E-state index in [1.807, 2.05) is 0 Å². The minimum atomic E-state index is 0.755. The standard InChI is InChI=1S/C12H12BrN/c1-8-3-2-4-11-12(8)10(13)7-14(11)9-5-6-9/h2-4,7,9H,5-6H2,1H3. The molecular formula is C12H12BrN. The number of halogens is 1. The summed E-state index contributed by atoms with van der Waals surface area (Å²) in [6.07, 6.45) is 4.91. The molecule has 1 aliphatic rings. The van der Waals surface area contributed by atoms with E-state index >= 15 is 0 Å². The van der Waals surface area contributed by atoms with E-state index in [9.17, 15) is 0 Å². The summed E-state index contributed by atoms with van der Waals surface area (Å²) in [5.41, 5.74) is 2.73. The lowest BCUT2D eigenvalue weighted by Gasteiger charge is -2.02. The van der Waals surface area contributed by atoms with Crippen molar-refractivity contribution in [3.8, 4) is 0 Å². The molecule has 1 aliphatic carbocycles. The first kappa shape index (κ1) is 8.54. The number of nitrogens with zero attached hydrogens (tertiary/aromatic N) is 1. The zero-order valence-corrected chi connectivity index (χ0v) is 9.71. The lowest BCUT2D eigenvalue weighted by atomic mass is 10.1. The van der Waals surface area contributed by atoms with Crippen LogP contribution >= 0.6 is 15.9 Å². The van der Waals surface area contributed by atoms with Crippen LogP contribution in [-0.4, -0.2) is 4.57 Å². The fraction of sp³-hybridized carbons (Fsp3) is 0.333. The number of rotatable bonds is 1. The lowest BCUT2D eigenvalue weighted by molar-refractivity contribution is 0.774. The average molecular weight is 250 g/mol. The van der Waals surface area contributed by atoms with Gasteiger partial charge in [-0.1, -0.05) is 12.1 Å². The summed E-state index contributed by atoms with van der Waals surface area (Å²) in [5.74, 6) is 0. The number of aryl methyl sites for hydroxylation is 1. The van der Waals surface area contributed by atoms with Gasteiger partial charge in [0.2, 0.25) is 0 Å². The number of fused-ring (bicyclic) bond motifs is 1. The Morgan fingerprint density at radius 1 is 1.36 bits per heavy atom. The maximum atomic E-state index is 3.64. The molecule has 0 spiro atoms. The molecule has 0 aliphatic heterocycles. The number of aromatic nitrogens is 1. The Kier molecular flexibility index (Phi) is 1.75. The van der Waals surface area contributed by atoms with E-state index in [4.69, 9.17) is 0 Å². The Balaban J connectivity index is 2.37. The zero-order chi connectivity index (χ0) is 9.71. The van der Waals surface area contributed by atoms with Crippen molar-refractivity contribution in [3.63, 3.8) is 0 Å². The summed E-state index contributed by atoms with van der Waals surface area (Å²) in [7, 11) is 0. The normalized spacial score (nSPS) is 16.4. The van der Waals surface area contributed by atoms with Crippen LogP contribution in [0.1, 0.15) is 24.4 Å². The second-order valence-corrected chi connectivity index (χ2v) is 4.94. The third kappa shape index (κ3) is 1.13. The molecule has 2 aromatic rings. The van der Waals surface area contributed by atoms with Gasteiger partial charge < -0.3 is 4.57 Å². The molecule has 0 bridgehead atoms. The van der Waals surface area contributed by atoms with Gasteiger partial charge in [0.25, 0.3) is 0 Å². The predicted molar refractivity (Wildman–Crippen MR) is 62.6 cm³/mol. The van der Waals surface area contributed by atoms with Gasteiger partial charge in [-0.3, -0.25) is 0 Å². The van der Waals surface area contributed by atoms with Gasteiger partial charge in [-0.25, -0.2) is 0 Å². The number of hydrogen-bond acceptors (Lipinski definition) is 0. The second kappa shape index (κ2) is 2.86. The van der Waals surface area contributed by atoms with Gasteiger partial charge in [0.1, 0.15) is 0 Å². The molecule has 0 radical (unpaired) electrons. The SMILES string of the molecule is Cc1cccc2c1c(Br)cn2C1CC1. The number of hydrogen-bond donors (Lipinski definition) is 0. The van der Waals surface area contributed by atoms with E-state index in [-0.39, 0.29) is 0 Å². The van der Waals surface area contributed by atoms with Gasteiger partial charge in [-0.2, -0.15) is 0 Å². The maximum Gasteiger partial charge on any atom is 0.0497 e. The molecule has 1 nitrogen and oxygen atoms in total. The Morgan fingerprint density at radius 2 is 2.14 bits per heavy atom. The molecule has 1 saturated carbocycles. The molecule has 72 valence electrons. The van der Waals surface area contributed by atoms with Crippen LogP contribution in [0.25, 0.3) is 10.9 Å². The Morgan fingerprint density at radius 3 is 2.86 bits per heavy atom. The summed E-state index contributed by atoms with van der Waals surface area (Å²) >= 11 is 3.64. The van der Waals surface area contributed by atoms with Gasteiger partial charge in [0.15, 0.2) is 0 Å². The molecule has 1 heterocycles. The van der Waals surface area contributed by atoms with Crippen LogP contribution in [0, 0.1) is 6.92 Å². The monoisotopic (exact) mass is 249 g/mol. The fourth-order valence-corrected chi connectivity index (χ4v) is 2.83. The van der Waals surface area contributed by atoms with Crippen LogP contribution in [0.5, 0.6) is 0 Å². The van der Waals surface area contributed by atoms with Gasteiger partial charge in [-0.15, -0.1) is 0 Å². The highest BCUT2D eigenvalue weighted by atomic mass is 79.9. The molecule has 1 aromatic heterocycles. The zero-order valence-electron chi connectivity index (χ0n) is 8.13. The lowest BCUT2D eigenvalue weighted by Crippen LogP contribution is -1.89. The van der Waals surface area contributed by atoms with E-state index < -0.39 is 0 Å². The first-order valence-electron chi connectivity index (χ1n) is 5.03. The van der Waals surface area contributed by atoms with E-state index in [1.165, 1.54) is 33.8 Å². The van der Waals surface area contributed by atoms with Crippen molar-refractivity contribution in [2.24, 2.45) is 0 Å². The molecular weight excluding hydrogens is 238 g/mol. The van der Waals surface area contributed by atoms with Crippen molar-refractivity contribution in [3.05, 3.63) is 34.4 Å². The van der Waals surface area contributed by atoms with Crippen molar-refractivity contribution < 1.29 is 0 Å². The highest BCUT2D eigenvalue weighted by Crippen LogP contribution is 2.40. The Bertz CT molecular complexity index is 494. The summed E-state index contributed by atoms with van der Waals surface area (Å²) in [5, 5.41) is 1.37. The minimum Gasteiger partial charge on any atom is -0.343 e. The smallest absolute Gasteiger partial charge is 0.0497 e. The highest BCUT2D eigenvalue weighted by molar-refractivity contribution is 9.10. The van der Waals surface area contributed by atoms with Crippen molar-refractivity contribution in [2.45, 2.75) is 25.8 Å². The third-order valence-corrected chi connectivity index (χ3v) is 3.56. The quantitative estimate of drug-likeness (QED) is 0.719. The Labute approximate surface area is 91.9 Å². The van der Waals surface area contributed by atoms with Crippen molar-refractivity contribution in [1.29, 1.82) is 0 Å². The molecule has 14 heavy (non-hydrogen) atoms. The molecule has 0 atom stereocenters. The van der Waals surface area contributed by atoms with Crippen molar-refractivity contribution in [1.82, 2.24) is 4.57 Å². The average Bonchev–Trinajstić information content (AvgIpc) is 2.93. The molecule has 1 aromatic carbocycles. The second-order valence-electron chi connectivity index (χ2n) is 4.08. The van der Waals surface area contributed by atoms with Gasteiger partial charge in [-0.05, 0) is 47.3 Å². The summed E-state index contributed by atoms with van der Waals surface area (Å²) in [6.45, 7) is 2.17. The van der Waals surface area contributed by atoms with E-state index in [0.717, 1.165) is 6.04 Å². The van der Waals surface area contributed by atoms with Crippen LogP contribution in [-0.2, 0) is 0 Å². The first-order valence-corrected chi connectivity index (χ1v) is 5.82. The van der Waals surface area contributed by atoms with Crippen LogP contribution in [0.15, 0.2) is 28.9 Å². The molecule has 1 fully saturated rings. The molecule has 0 unspecified atom stereocenters. The Hall–Kier alpha value is -0.760. The van der Waals surface area contributed by atoms with Crippen molar-refractivity contribution >= 4 is 26.8 Å². The van der Waals surface area contributed by atoms with Crippen LogP contribution in [0.3, 0.4) is 0 Å². The summed E-state index contributed by atoms with van der Waals surface area (Å²) < 4.78 is 3.64. The summed E-state index contributed by atoms with van der Waals surface area (Å²) in [4.78, 5) is 0. The van der Waals surface area contributed by atoms with E-state index in [1.54, 1.807) is 0 Å². The van der Waals surface area contributed by atoms with Crippen LogP contribution < -0.4 is 0 Å². The number of benzene rings is 1. The van der Waals surface area contributed by atoms with Crippen LogP contribution in [0.2, 0.25) is 0 Å². The third-order valence-electron chi connectivity index (χ3n) is 2.96. The predicted octanol–water partition coefficient (Wildman–Crippen LogP) is 4.05. The first-order chi connectivity index (χ1) is 6.77. The topological polar surface area (TPSA) is 4.93 Å². The summed E-state index contributed by atoms with van der Waals surface area (Å²) in [6, 6.07) is 7.28. The van der Waals surface area contributed by atoms with Gasteiger partial charge in [0.05, 0.1) is 0 Å². The largest absolute Gasteiger partial charge is 0.343 e. The minimum absolute atomic E-state index is 0.755. The van der Waals surface area contributed by atoms with Crippen LogP contribution in [0.4, 0.5) is 0 Å². The molecule has 3 rings (SSSR count). The maximum absolute atomic E-state index is 3.64. The molecule has 0 N–H and O–H groups in total. The van der Waals surface area contributed by atoms with Gasteiger partial charge in [0, 0.05) is 27.6 Å². The molecule has 2 heteroatoms. The fourth-order valence-electron chi connectivity index (χ4n) is 2.09.